The number of aryl methyl sites for hydroxylation is 1. The molecule has 1 saturated heterocycles. The molecule has 4 nitrogen and oxygen atoms in total. The Morgan fingerprint density at radius 3 is 2.65 bits per heavy atom. The van der Waals surface area contributed by atoms with Gasteiger partial charge in [0.1, 0.15) is 0 Å². The lowest BCUT2D eigenvalue weighted by Crippen LogP contribution is -2.47. The van der Waals surface area contributed by atoms with E-state index < -0.39 is 0 Å². The molecule has 1 N–H and O–H groups in total. The van der Waals surface area contributed by atoms with Crippen LogP contribution in [-0.4, -0.2) is 33.5 Å². The summed E-state index contributed by atoms with van der Waals surface area (Å²) < 4.78 is 10.8. The van der Waals surface area contributed by atoms with Crippen LogP contribution in [0.25, 0.3) is 0 Å². The van der Waals surface area contributed by atoms with E-state index >= 15 is 0 Å². The van der Waals surface area contributed by atoms with E-state index in [4.69, 9.17) is 9.47 Å². The summed E-state index contributed by atoms with van der Waals surface area (Å²) in [4.78, 5) is 2.31. The molecule has 0 radical (unpaired) electrons. The summed E-state index contributed by atoms with van der Waals surface area (Å²) in [6, 6.07) is 4.15. The largest absolute Gasteiger partial charge is 0.454 e. The zero-order chi connectivity index (χ0) is 11.8. The molecule has 0 spiro atoms. The van der Waals surface area contributed by atoms with Crippen LogP contribution >= 0.6 is 0 Å². The van der Waals surface area contributed by atoms with Crippen LogP contribution in [0.15, 0.2) is 12.1 Å². The van der Waals surface area contributed by atoms with Gasteiger partial charge in [0.15, 0.2) is 11.5 Å². The van der Waals surface area contributed by atoms with Gasteiger partial charge >= 0.3 is 0 Å². The number of nitrogens with one attached hydrogen (secondary N) is 1. The van der Waals surface area contributed by atoms with E-state index in [0.717, 1.165) is 37.1 Å². The van der Waals surface area contributed by atoms with Crippen molar-refractivity contribution in [2.45, 2.75) is 6.92 Å². The summed E-state index contributed by atoms with van der Waals surface area (Å²) in [5, 5.41) is 3.30. The Morgan fingerprint density at radius 2 is 2.00 bits per heavy atom. The highest BCUT2D eigenvalue weighted by molar-refractivity contribution is 5.62. The summed E-state index contributed by atoms with van der Waals surface area (Å²) in [5.41, 5.74) is 2.48. The first kappa shape index (κ1) is 10.7. The molecule has 0 saturated carbocycles. The molecule has 2 heterocycles. The first-order chi connectivity index (χ1) is 8.24. The molecule has 3 rings (SSSR count). The van der Waals surface area contributed by atoms with Crippen LogP contribution in [0.4, 0.5) is 5.69 Å². The topological polar surface area (TPSA) is 33.7 Å². The van der Waals surface area contributed by atoms with Gasteiger partial charge in [-0.2, -0.15) is 0 Å². The Labute approximate surface area is 102 Å². The molecule has 1 aromatic rings. The average molecular weight is 234 g/mol. The maximum absolute atomic E-state index is 5.43. The summed E-state index contributed by atoms with van der Waals surface area (Å²) in [5.74, 6) is 2.50. The maximum atomic E-state index is 5.43. The number of hydrogen-bond donors (Lipinski definition) is 1. The minimum Gasteiger partial charge on any atom is -0.454 e. The molecule has 0 bridgehead atoms. The van der Waals surface area contributed by atoms with Crippen molar-refractivity contribution in [1.82, 2.24) is 5.32 Å². The number of hydrogen-bond acceptors (Lipinski definition) is 4. The predicted octanol–water partition coefficient (Wildman–Crippen LogP) is 1.38. The average Bonchev–Trinajstić information content (AvgIpc) is 2.68. The Balaban J connectivity index is 1.81. The van der Waals surface area contributed by atoms with Gasteiger partial charge in [0.25, 0.3) is 0 Å². The van der Waals surface area contributed by atoms with Gasteiger partial charge in [-0.15, -0.1) is 0 Å². The smallest absolute Gasteiger partial charge is 0.231 e. The Hall–Kier alpha value is -1.42. The van der Waals surface area contributed by atoms with E-state index in [9.17, 15) is 0 Å². The molecule has 0 atom stereocenters. The highest BCUT2D eigenvalue weighted by Crippen LogP contribution is 2.38. The van der Waals surface area contributed by atoms with Crippen molar-refractivity contribution in [3.8, 4) is 11.5 Å². The monoisotopic (exact) mass is 234 g/mol. The van der Waals surface area contributed by atoms with E-state index in [-0.39, 0.29) is 0 Å². The molecule has 0 aliphatic carbocycles. The number of ether oxygens (including phenoxy) is 2. The molecule has 92 valence electrons. The van der Waals surface area contributed by atoms with Crippen LogP contribution in [-0.2, 0) is 0 Å². The second-order valence-corrected chi connectivity index (χ2v) is 4.90. The van der Waals surface area contributed by atoms with Crippen LogP contribution in [0.1, 0.15) is 5.56 Å². The SMILES string of the molecule is Cc1cc2c(cc1N(C)CC1CNC1)OCO2. The zero-order valence-corrected chi connectivity index (χ0v) is 10.3. The summed E-state index contributed by atoms with van der Waals surface area (Å²) >= 11 is 0. The lowest BCUT2D eigenvalue weighted by molar-refractivity contribution is 0.174. The summed E-state index contributed by atoms with van der Waals surface area (Å²) in [6.45, 7) is 5.82. The quantitative estimate of drug-likeness (QED) is 0.856. The highest BCUT2D eigenvalue weighted by atomic mass is 16.7. The van der Waals surface area contributed by atoms with Crippen LogP contribution in [0.2, 0.25) is 0 Å². The van der Waals surface area contributed by atoms with Crippen LogP contribution in [0.3, 0.4) is 0 Å². The van der Waals surface area contributed by atoms with Gasteiger partial charge in [0.05, 0.1) is 0 Å². The van der Waals surface area contributed by atoms with Gasteiger partial charge in [0, 0.05) is 44.4 Å². The van der Waals surface area contributed by atoms with Crippen LogP contribution in [0, 0.1) is 12.8 Å². The molecule has 4 heteroatoms. The fraction of sp³-hybridized carbons (Fsp3) is 0.538. The zero-order valence-electron chi connectivity index (χ0n) is 10.3. The number of benzene rings is 1. The van der Waals surface area contributed by atoms with Crippen molar-refractivity contribution < 1.29 is 9.47 Å². The molecule has 1 fully saturated rings. The number of rotatable bonds is 3. The van der Waals surface area contributed by atoms with E-state index in [1.165, 1.54) is 11.3 Å². The van der Waals surface area contributed by atoms with Gasteiger partial charge in [-0.3, -0.25) is 0 Å². The normalized spacial score (nSPS) is 18.0. The summed E-state index contributed by atoms with van der Waals surface area (Å²) in [7, 11) is 2.14. The third-order valence-electron chi connectivity index (χ3n) is 3.50. The number of fused-ring (bicyclic) bond motifs is 1. The van der Waals surface area contributed by atoms with E-state index in [1.54, 1.807) is 0 Å². The number of nitrogens with zero attached hydrogens (tertiary/aromatic N) is 1. The minimum absolute atomic E-state index is 0.342. The van der Waals surface area contributed by atoms with Crippen molar-refractivity contribution >= 4 is 5.69 Å². The lowest BCUT2D eigenvalue weighted by Gasteiger charge is -2.33. The van der Waals surface area contributed by atoms with E-state index in [1.807, 2.05) is 0 Å². The van der Waals surface area contributed by atoms with Crippen molar-refractivity contribution in [2.75, 3.05) is 38.4 Å². The molecule has 1 aromatic carbocycles. The van der Waals surface area contributed by atoms with Crippen LogP contribution < -0.4 is 19.7 Å². The fourth-order valence-electron chi connectivity index (χ4n) is 2.41. The predicted molar refractivity (Wildman–Crippen MR) is 66.9 cm³/mol. The molecular weight excluding hydrogens is 216 g/mol. The first-order valence-corrected chi connectivity index (χ1v) is 6.06. The Kier molecular flexibility index (Phi) is 2.59. The molecule has 0 amide bonds. The second kappa shape index (κ2) is 4.11. The Morgan fingerprint density at radius 1 is 1.29 bits per heavy atom. The summed E-state index contributed by atoms with van der Waals surface area (Å²) in [6.07, 6.45) is 0. The number of anilines is 1. The molecule has 2 aliphatic heterocycles. The molecule has 0 aromatic heterocycles. The Bertz CT molecular complexity index is 430. The van der Waals surface area contributed by atoms with Gasteiger partial charge in [-0.05, 0) is 18.6 Å². The third-order valence-corrected chi connectivity index (χ3v) is 3.50. The lowest BCUT2D eigenvalue weighted by atomic mass is 10.0. The maximum Gasteiger partial charge on any atom is 0.231 e. The van der Waals surface area contributed by atoms with Crippen LogP contribution in [0.5, 0.6) is 11.5 Å². The standard InChI is InChI=1S/C13H18N2O2/c1-9-3-12-13(17-8-16-12)4-11(9)15(2)7-10-5-14-6-10/h3-4,10,14H,5-8H2,1-2H3. The molecule has 0 unspecified atom stereocenters. The van der Waals surface area contributed by atoms with E-state index in [2.05, 4.69) is 36.3 Å². The van der Waals surface area contributed by atoms with Crippen molar-refractivity contribution in [2.24, 2.45) is 5.92 Å². The van der Waals surface area contributed by atoms with Crippen molar-refractivity contribution in [1.29, 1.82) is 0 Å². The van der Waals surface area contributed by atoms with Gasteiger partial charge < -0.3 is 19.7 Å². The van der Waals surface area contributed by atoms with Gasteiger partial charge in [-0.1, -0.05) is 0 Å². The highest BCUT2D eigenvalue weighted by Gasteiger charge is 2.21. The minimum atomic E-state index is 0.342. The molecule has 2 aliphatic rings. The van der Waals surface area contributed by atoms with Crippen molar-refractivity contribution in [3.05, 3.63) is 17.7 Å². The molecular formula is C13H18N2O2. The fourth-order valence-corrected chi connectivity index (χ4v) is 2.41. The van der Waals surface area contributed by atoms with Gasteiger partial charge in [-0.25, -0.2) is 0 Å². The first-order valence-electron chi connectivity index (χ1n) is 6.06. The second-order valence-electron chi connectivity index (χ2n) is 4.90. The third kappa shape index (κ3) is 1.93. The van der Waals surface area contributed by atoms with E-state index in [0.29, 0.717) is 6.79 Å². The molecule has 17 heavy (non-hydrogen) atoms. The van der Waals surface area contributed by atoms with Crippen molar-refractivity contribution in [3.63, 3.8) is 0 Å². The van der Waals surface area contributed by atoms with Gasteiger partial charge in [0.2, 0.25) is 6.79 Å².